The molecule has 0 radical (unpaired) electrons. The van der Waals surface area contributed by atoms with E-state index in [9.17, 15) is 9.59 Å². The number of carbonyl (C=O) groups is 2. The minimum atomic E-state index is -0.509. The average molecular weight is 595 g/mol. The number of halogens is 3. The molecule has 3 rings (SSSR count). The Labute approximate surface area is 226 Å². The zero-order valence-corrected chi connectivity index (χ0v) is 22.4. The molecule has 8 nitrogen and oxygen atoms in total. The second kappa shape index (κ2) is 13.2. The quantitative estimate of drug-likeness (QED) is 0.247. The van der Waals surface area contributed by atoms with Crippen LogP contribution < -0.4 is 25.0 Å². The Kier molecular flexibility index (Phi) is 9.98. The van der Waals surface area contributed by atoms with E-state index in [4.69, 9.17) is 37.4 Å². The smallest absolute Gasteiger partial charge is 0.259 e. The van der Waals surface area contributed by atoms with E-state index in [1.807, 2.05) is 6.07 Å². The van der Waals surface area contributed by atoms with E-state index in [1.165, 1.54) is 26.5 Å². The lowest BCUT2D eigenvalue weighted by atomic mass is 10.2. The number of hydrogen-bond acceptors (Lipinski definition) is 6. The zero-order valence-electron chi connectivity index (χ0n) is 19.3. The summed E-state index contributed by atoms with van der Waals surface area (Å²) in [6.45, 7) is -0.0611. The number of nitrogens with zero attached hydrogens (tertiary/aromatic N) is 1. The molecule has 0 aliphatic heterocycles. The first-order chi connectivity index (χ1) is 17.3. The van der Waals surface area contributed by atoms with Crippen molar-refractivity contribution in [3.8, 4) is 17.2 Å². The van der Waals surface area contributed by atoms with Crippen LogP contribution in [0.25, 0.3) is 0 Å². The van der Waals surface area contributed by atoms with Crippen molar-refractivity contribution in [1.29, 1.82) is 0 Å². The molecule has 0 fully saturated rings. The lowest BCUT2D eigenvalue weighted by Crippen LogP contribution is -2.34. The zero-order chi connectivity index (χ0) is 26.1. The first kappa shape index (κ1) is 27.3. The summed E-state index contributed by atoms with van der Waals surface area (Å²) in [5.41, 5.74) is 4.08. The Balaban J connectivity index is 1.57. The van der Waals surface area contributed by atoms with Crippen LogP contribution in [-0.2, 0) is 11.4 Å². The van der Waals surface area contributed by atoms with Crippen molar-refractivity contribution in [2.45, 2.75) is 6.61 Å². The highest BCUT2D eigenvalue weighted by Gasteiger charge is 2.12. The molecule has 0 heterocycles. The van der Waals surface area contributed by atoms with E-state index in [0.29, 0.717) is 38.4 Å². The first-order valence-corrected chi connectivity index (χ1v) is 12.0. The van der Waals surface area contributed by atoms with Gasteiger partial charge in [-0.15, -0.1) is 0 Å². The molecule has 2 amide bonds. The van der Waals surface area contributed by atoms with E-state index in [2.05, 4.69) is 31.8 Å². The third kappa shape index (κ3) is 7.61. The number of hydrogen-bond donors (Lipinski definition) is 2. The van der Waals surface area contributed by atoms with Gasteiger partial charge < -0.3 is 19.5 Å². The molecule has 3 aromatic rings. The number of amides is 2. The van der Waals surface area contributed by atoms with Crippen molar-refractivity contribution < 1.29 is 23.8 Å². The number of hydrazone groups is 1. The van der Waals surface area contributed by atoms with Gasteiger partial charge in [0.15, 0.2) is 11.5 Å². The van der Waals surface area contributed by atoms with Crippen LogP contribution in [0.15, 0.2) is 64.2 Å². The molecule has 188 valence electrons. The average Bonchev–Trinajstić information content (AvgIpc) is 2.87. The maximum atomic E-state index is 12.4. The topological polar surface area (TPSA) is 98.2 Å². The fraction of sp³-hybridized carbons (Fsp3) is 0.160. The predicted molar refractivity (Wildman–Crippen MR) is 143 cm³/mol. The molecule has 0 aliphatic carbocycles. The molecular formula is C25H22BrCl2N3O5. The second-order valence-corrected chi connectivity index (χ2v) is 9.01. The van der Waals surface area contributed by atoms with Gasteiger partial charge in [0.25, 0.3) is 11.8 Å². The van der Waals surface area contributed by atoms with Crippen LogP contribution >= 0.6 is 39.1 Å². The molecule has 0 saturated carbocycles. The van der Waals surface area contributed by atoms with Crippen molar-refractivity contribution in [3.63, 3.8) is 0 Å². The Morgan fingerprint density at radius 1 is 0.972 bits per heavy atom. The minimum absolute atomic E-state index is 0.215. The van der Waals surface area contributed by atoms with E-state index in [-0.39, 0.29) is 13.2 Å². The lowest BCUT2D eigenvalue weighted by Gasteiger charge is -2.11. The summed E-state index contributed by atoms with van der Waals surface area (Å²) in [5, 5.41) is 7.54. The number of nitrogens with one attached hydrogen (secondary N) is 2. The molecule has 0 unspecified atom stereocenters. The fourth-order valence-electron chi connectivity index (χ4n) is 3.00. The van der Waals surface area contributed by atoms with E-state index >= 15 is 0 Å². The highest BCUT2D eigenvalue weighted by Crippen LogP contribution is 2.28. The molecule has 0 spiro atoms. The fourth-order valence-corrected chi connectivity index (χ4v) is 3.84. The summed E-state index contributed by atoms with van der Waals surface area (Å²) in [5.74, 6) is 0.478. The molecule has 3 aromatic carbocycles. The summed E-state index contributed by atoms with van der Waals surface area (Å²) in [6.07, 6.45) is 1.44. The Bertz CT molecular complexity index is 1290. The highest BCUT2D eigenvalue weighted by atomic mass is 79.9. The van der Waals surface area contributed by atoms with Gasteiger partial charge in [0, 0.05) is 31.2 Å². The van der Waals surface area contributed by atoms with Gasteiger partial charge in [-0.3, -0.25) is 9.59 Å². The number of methoxy groups -OCH3 is 2. The van der Waals surface area contributed by atoms with Gasteiger partial charge in [0.05, 0.1) is 27.0 Å². The maximum absolute atomic E-state index is 12.4. The molecule has 2 N–H and O–H groups in total. The third-order valence-electron chi connectivity index (χ3n) is 4.82. The third-order valence-corrected chi connectivity index (χ3v) is 5.90. The molecule has 11 heteroatoms. The van der Waals surface area contributed by atoms with Crippen molar-refractivity contribution in [3.05, 3.63) is 85.8 Å². The van der Waals surface area contributed by atoms with Crippen LogP contribution in [0, 0.1) is 0 Å². The summed E-state index contributed by atoms with van der Waals surface area (Å²) in [7, 11) is 2.97. The molecule has 0 aliphatic rings. The largest absolute Gasteiger partial charge is 0.493 e. The summed E-state index contributed by atoms with van der Waals surface area (Å²) < 4.78 is 17.0. The van der Waals surface area contributed by atoms with Crippen molar-refractivity contribution in [1.82, 2.24) is 10.7 Å². The number of benzene rings is 3. The van der Waals surface area contributed by atoms with Gasteiger partial charge in [-0.05, 0) is 48.5 Å². The lowest BCUT2D eigenvalue weighted by molar-refractivity contribution is -0.120. The standard InChI is InChI=1S/C25H22BrCl2N3O5/c1-34-22-7-4-15(10-23(22)35-2)25(33)29-13-24(32)31-30-12-17-9-18(26)5-8-21(17)36-14-16-3-6-19(27)11-20(16)28/h3-12H,13-14H2,1-2H3,(H,29,33)(H,31,32). The normalized spacial score (nSPS) is 10.7. The molecule has 0 aromatic heterocycles. The van der Waals surface area contributed by atoms with Gasteiger partial charge in [-0.2, -0.15) is 5.10 Å². The van der Waals surface area contributed by atoms with Crippen LogP contribution in [-0.4, -0.2) is 38.8 Å². The predicted octanol–water partition coefficient (Wildman–Crippen LogP) is 5.23. The van der Waals surface area contributed by atoms with Crippen molar-refractivity contribution in [2.75, 3.05) is 20.8 Å². The van der Waals surface area contributed by atoms with Gasteiger partial charge >= 0.3 is 0 Å². The number of ether oxygens (including phenoxy) is 3. The molecular weight excluding hydrogens is 573 g/mol. The minimum Gasteiger partial charge on any atom is -0.493 e. The summed E-state index contributed by atoms with van der Waals surface area (Å²) in [4.78, 5) is 24.5. The Morgan fingerprint density at radius 2 is 1.72 bits per heavy atom. The van der Waals surface area contributed by atoms with Gasteiger partial charge in [0.2, 0.25) is 0 Å². The van der Waals surface area contributed by atoms with E-state index < -0.39 is 11.8 Å². The monoisotopic (exact) mass is 593 g/mol. The maximum Gasteiger partial charge on any atom is 0.259 e. The molecule has 0 saturated heterocycles. The van der Waals surface area contributed by atoms with Crippen LogP contribution in [0.4, 0.5) is 0 Å². The van der Waals surface area contributed by atoms with Gasteiger partial charge in [-0.25, -0.2) is 5.43 Å². The van der Waals surface area contributed by atoms with Crippen LogP contribution in [0.5, 0.6) is 17.2 Å². The number of carbonyl (C=O) groups excluding carboxylic acids is 2. The Hall–Kier alpha value is -3.27. The van der Waals surface area contributed by atoms with Crippen LogP contribution in [0.2, 0.25) is 10.0 Å². The SMILES string of the molecule is COc1ccc(C(=O)NCC(=O)NN=Cc2cc(Br)ccc2OCc2ccc(Cl)cc2Cl)cc1OC. The van der Waals surface area contributed by atoms with Crippen LogP contribution in [0.1, 0.15) is 21.5 Å². The molecule has 0 atom stereocenters. The molecule has 0 bridgehead atoms. The van der Waals surface area contributed by atoms with Gasteiger partial charge in [0.1, 0.15) is 12.4 Å². The van der Waals surface area contributed by atoms with Crippen LogP contribution in [0.3, 0.4) is 0 Å². The number of rotatable bonds is 10. The van der Waals surface area contributed by atoms with E-state index in [1.54, 1.807) is 42.5 Å². The highest BCUT2D eigenvalue weighted by molar-refractivity contribution is 9.10. The molecule has 36 heavy (non-hydrogen) atoms. The summed E-state index contributed by atoms with van der Waals surface area (Å²) >= 11 is 15.6. The Morgan fingerprint density at radius 3 is 2.44 bits per heavy atom. The summed E-state index contributed by atoms with van der Waals surface area (Å²) in [6, 6.07) is 15.2. The first-order valence-electron chi connectivity index (χ1n) is 10.5. The second-order valence-electron chi connectivity index (χ2n) is 7.25. The van der Waals surface area contributed by atoms with E-state index in [0.717, 1.165) is 10.0 Å². The van der Waals surface area contributed by atoms with Crippen molar-refractivity contribution >= 4 is 57.2 Å². The van der Waals surface area contributed by atoms with Crippen molar-refractivity contribution in [2.24, 2.45) is 5.10 Å². The van der Waals surface area contributed by atoms with Gasteiger partial charge in [-0.1, -0.05) is 45.2 Å².